The molecule has 0 aliphatic carbocycles. The summed E-state index contributed by atoms with van der Waals surface area (Å²) in [5, 5.41) is 0. The number of benzene rings is 6. The lowest BCUT2D eigenvalue weighted by atomic mass is 9.89. The number of piperazine rings is 5. The summed E-state index contributed by atoms with van der Waals surface area (Å²) in [4.78, 5) is 27.7. The number of hydrogen-bond donors (Lipinski definition) is 0. The highest BCUT2D eigenvalue weighted by atomic mass is 15.3. The van der Waals surface area contributed by atoms with Gasteiger partial charge in [-0.25, -0.2) is 0 Å². The quantitative estimate of drug-likeness (QED) is 0.153. The molecule has 8 heterocycles. The average molecular weight is 1260 g/mol. The summed E-state index contributed by atoms with van der Waals surface area (Å²) in [6, 6.07) is 57.1. The molecule has 0 spiro atoms. The van der Waals surface area contributed by atoms with Gasteiger partial charge in [-0.1, -0.05) is 137 Å². The molecule has 8 fully saturated rings. The molecule has 5 unspecified atom stereocenters. The fraction of sp³-hybridized carbons (Fsp3) is 0.561. The number of aryl methyl sites for hydroxylation is 6. The molecular weight excluding hydrogens is 1140 g/mol. The minimum absolute atomic E-state index is 0.630. The molecule has 0 amide bonds. The zero-order valence-corrected chi connectivity index (χ0v) is 60.3. The maximum atomic E-state index is 2.69. The lowest BCUT2D eigenvalue weighted by molar-refractivity contribution is 0.133. The molecule has 0 N–H and O–H groups in total. The summed E-state index contributed by atoms with van der Waals surface area (Å²) in [6.45, 7) is 43.9. The largest absolute Gasteiger partial charge is 0.369 e. The Morgan fingerprint density at radius 2 is 0.677 bits per heavy atom. The Kier molecular flexibility index (Phi) is 27.6. The normalized spacial score (nSPS) is 23.6. The molecule has 6 aromatic rings. The van der Waals surface area contributed by atoms with Gasteiger partial charge < -0.3 is 34.3 Å². The summed E-state index contributed by atoms with van der Waals surface area (Å²) in [7, 11) is 8.84. The van der Waals surface area contributed by atoms with Gasteiger partial charge in [0.05, 0.1) is 0 Å². The minimum Gasteiger partial charge on any atom is -0.369 e. The number of piperidine rings is 2. The molecule has 11 nitrogen and oxygen atoms in total. The van der Waals surface area contributed by atoms with Crippen LogP contribution in [0, 0.1) is 41.5 Å². The van der Waals surface area contributed by atoms with Crippen molar-refractivity contribution in [1.82, 2.24) is 34.3 Å². The van der Waals surface area contributed by atoms with Crippen LogP contribution in [0.3, 0.4) is 0 Å². The predicted octanol–water partition coefficient (Wildman–Crippen LogP) is 14.2. The molecule has 0 aromatic heterocycles. The summed E-state index contributed by atoms with van der Waals surface area (Å²) in [5.41, 5.74) is 16.6. The molecule has 506 valence electrons. The molecule has 6 aromatic carbocycles. The van der Waals surface area contributed by atoms with Crippen LogP contribution in [0.2, 0.25) is 0 Å². The molecule has 0 saturated carbocycles. The topological polar surface area (TPSA) is 35.6 Å². The third kappa shape index (κ3) is 22.1. The van der Waals surface area contributed by atoms with E-state index in [0.717, 1.165) is 57.3 Å². The van der Waals surface area contributed by atoms with E-state index in [1.54, 1.807) is 0 Å². The number of hydrogen-bond acceptors (Lipinski definition) is 11. The van der Waals surface area contributed by atoms with Crippen LogP contribution < -0.4 is 19.6 Å². The van der Waals surface area contributed by atoms with E-state index in [4.69, 9.17) is 0 Å². The first-order valence-electron chi connectivity index (χ1n) is 36.3. The first kappa shape index (κ1) is 71.5. The van der Waals surface area contributed by atoms with Gasteiger partial charge in [0.2, 0.25) is 0 Å². The van der Waals surface area contributed by atoms with E-state index >= 15 is 0 Å². The van der Waals surface area contributed by atoms with Gasteiger partial charge in [-0.3, -0.25) is 19.6 Å². The molecule has 8 aliphatic heterocycles. The molecule has 14 rings (SSSR count). The predicted molar refractivity (Wildman–Crippen MR) is 401 cm³/mol. The molecule has 11 heteroatoms. The summed E-state index contributed by atoms with van der Waals surface area (Å²) in [5.74, 6) is 0.798. The van der Waals surface area contributed by atoms with Crippen molar-refractivity contribution in [1.29, 1.82) is 0 Å². The maximum absolute atomic E-state index is 2.69. The lowest BCUT2D eigenvalue weighted by Crippen LogP contribution is -2.55. The smallest absolute Gasteiger partial charge is 0.0367 e. The van der Waals surface area contributed by atoms with Crippen molar-refractivity contribution in [2.24, 2.45) is 0 Å². The zero-order valence-electron chi connectivity index (χ0n) is 60.3. The van der Waals surface area contributed by atoms with E-state index in [9.17, 15) is 0 Å². The number of rotatable bonds is 7. The first-order chi connectivity index (χ1) is 44.9. The summed E-state index contributed by atoms with van der Waals surface area (Å²) < 4.78 is 0. The number of nitrogens with zero attached hydrogens (tertiary/aromatic N) is 11. The van der Waals surface area contributed by atoms with Gasteiger partial charge in [0.15, 0.2) is 0 Å². The maximum Gasteiger partial charge on any atom is 0.0367 e. The SMILES string of the molecule is Cc1ccc(C2CCN(C)CC2)cc1.Cc1ccc(CN2CCN(C)CC2)cc1.Cc1ccc(N2CC(C)N(C)C(C)C2)cc1.Cc1ccc(N2CCN(C)C(C)C2)cc1.Cc1ccc(N2CCN3CCCC3C2)cc1.Cc1ccc(N2CCN3CCCCC3C2)cc1. The van der Waals surface area contributed by atoms with Gasteiger partial charge >= 0.3 is 0 Å². The highest BCUT2D eigenvalue weighted by molar-refractivity contribution is 5.51. The van der Waals surface area contributed by atoms with Gasteiger partial charge in [-0.2, -0.15) is 0 Å². The lowest BCUT2D eigenvalue weighted by Gasteiger charge is -2.45. The Bertz CT molecular complexity index is 3030. The van der Waals surface area contributed by atoms with Crippen LogP contribution in [-0.2, 0) is 6.54 Å². The minimum atomic E-state index is 0.630. The highest BCUT2D eigenvalue weighted by Gasteiger charge is 2.32. The molecule has 5 atom stereocenters. The third-order valence-electron chi connectivity index (χ3n) is 21.7. The number of likely N-dealkylation sites (tertiary alicyclic amines) is 1. The molecule has 93 heavy (non-hydrogen) atoms. The Morgan fingerprint density at radius 3 is 1.13 bits per heavy atom. The number of fused-ring (bicyclic) bond motifs is 2. The van der Waals surface area contributed by atoms with Gasteiger partial charge in [0, 0.05) is 158 Å². The molecule has 8 saturated heterocycles. The van der Waals surface area contributed by atoms with Crippen LogP contribution >= 0.6 is 0 Å². The second-order valence-electron chi connectivity index (χ2n) is 29.3. The van der Waals surface area contributed by atoms with Crippen molar-refractivity contribution >= 4 is 22.7 Å². The van der Waals surface area contributed by atoms with E-state index in [1.807, 2.05) is 0 Å². The average Bonchev–Trinajstić information content (AvgIpc) is 2.32. The van der Waals surface area contributed by atoms with Crippen LogP contribution in [0.15, 0.2) is 146 Å². The number of anilines is 4. The van der Waals surface area contributed by atoms with Crippen LogP contribution in [0.25, 0.3) is 0 Å². The fourth-order valence-corrected chi connectivity index (χ4v) is 14.7. The summed E-state index contributed by atoms with van der Waals surface area (Å²) in [6.07, 6.45) is 9.64. The van der Waals surface area contributed by atoms with Crippen molar-refractivity contribution in [3.05, 3.63) is 190 Å². The van der Waals surface area contributed by atoms with E-state index in [2.05, 4.69) is 290 Å². The molecular formula is C82H123N11. The van der Waals surface area contributed by atoms with Crippen molar-refractivity contribution < 1.29 is 0 Å². The van der Waals surface area contributed by atoms with Gasteiger partial charge in [-0.05, 0) is 221 Å². The fourth-order valence-electron chi connectivity index (χ4n) is 14.7. The van der Waals surface area contributed by atoms with E-state index in [1.165, 1.54) is 204 Å². The molecule has 8 aliphatic rings. The van der Waals surface area contributed by atoms with Gasteiger partial charge in [-0.15, -0.1) is 0 Å². The van der Waals surface area contributed by atoms with Gasteiger partial charge in [0.25, 0.3) is 0 Å². The Balaban J connectivity index is 0.000000132. The van der Waals surface area contributed by atoms with Crippen molar-refractivity contribution in [2.45, 2.75) is 150 Å². The van der Waals surface area contributed by atoms with Crippen molar-refractivity contribution in [2.75, 3.05) is 172 Å². The van der Waals surface area contributed by atoms with Crippen molar-refractivity contribution in [3.8, 4) is 0 Å². The summed E-state index contributed by atoms with van der Waals surface area (Å²) >= 11 is 0. The van der Waals surface area contributed by atoms with Crippen molar-refractivity contribution in [3.63, 3.8) is 0 Å². The number of likely N-dealkylation sites (N-methyl/N-ethyl adjacent to an activating group) is 3. The van der Waals surface area contributed by atoms with E-state index < -0.39 is 0 Å². The van der Waals surface area contributed by atoms with E-state index in [0.29, 0.717) is 18.1 Å². The van der Waals surface area contributed by atoms with Gasteiger partial charge in [0.1, 0.15) is 0 Å². The van der Waals surface area contributed by atoms with Crippen LogP contribution in [0.5, 0.6) is 0 Å². The zero-order chi connectivity index (χ0) is 65.8. The monoisotopic (exact) mass is 1260 g/mol. The third-order valence-corrected chi connectivity index (χ3v) is 21.7. The Morgan fingerprint density at radius 1 is 0.312 bits per heavy atom. The standard InChI is InChI=1S/C15H22N2.C14H20N2.C14H22N2.2C13H20N2.C13H19N/c1-13-5-7-14(8-6-13)17-11-10-16-9-3-2-4-15(16)12-17;1-12-4-6-13(7-5-12)16-10-9-15-8-2-3-14(15)11-16;1-11-5-7-14(8-6-11)16-9-12(2)15(4)13(3)10-16;1-11-4-6-13(7-5-11)15-9-8-14(3)12(2)10-15;1-12-3-5-13(6-4-12)11-15-9-7-14(2)8-10-15;1-11-3-5-12(6-4-11)13-7-9-14(2)10-8-13/h5-8,15H,2-4,9-12H2,1H3;4-7,14H,2-3,8-11H2,1H3;5-8,12-13H,9-10H2,1-4H3;4-7,12H,8-10H2,1-3H3;3-6H,7-11H2,1-2H3;3-6,13H,7-10H2,1-2H3. The van der Waals surface area contributed by atoms with Crippen LogP contribution in [0.4, 0.5) is 22.7 Å². The second kappa shape index (κ2) is 35.8. The Labute approximate surface area is 566 Å². The molecule has 0 bridgehead atoms. The molecule has 0 radical (unpaired) electrons. The van der Waals surface area contributed by atoms with E-state index in [-0.39, 0.29) is 0 Å². The highest BCUT2D eigenvalue weighted by Crippen LogP contribution is 2.30. The van der Waals surface area contributed by atoms with Crippen LogP contribution in [-0.4, -0.2) is 217 Å². The second-order valence-corrected chi connectivity index (χ2v) is 29.3. The Hall–Kier alpha value is -5.76. The first-order valence-corrected chi connectivity index (χ1v) is 36.3. The van der Waals surface area contributed by atoms with Crippen LogP contribution in [0.1, 0.15) is 116 Å².